The van der Waals surface area contributed by atoms with Crippen molar-refractivity contribution in [2.75, 3.05) is 6.54 Å². The predicted molar refractivity (Wildman–Crippen MR) is 86.6 cm³/mol. The van der Waals surface area contributed by atoms with Crippen LogP contribution in [0.25, 0.3) is 0 Å². The number of rotatable bonds is 2. The molecule has 114 valence electrons. The van der Waals surface area contributed by atoms with Crippen molar-refractivity contribution in [3.63, 3.8) is 0 Å². The van der Waals surface area contributed by atoms with Gasteiger partial charge in [0, 0.05) is 36.1 Å². The van der Waals surface area contributed by atoms with Crippen LogP contribution in [0.2, 0.25) is 0 Å². The van der Waals surface area contributed by atoms with E-state index in [2.05, 4.69) is 49.5 Å². The van der Waals surface area contributed by atoms with Gasteiger partial charge in [0.15, 0.2) is 0 Å². The monoisotopic (exact) mass is 304 g/mol. The maximum Gasteiger partial charge on any atom is 0.123 e. The van der Waals surface area contributed by atoms with Gasteiger partial charge >= 0.3 is 0 Å². The lowest BCUT2D eigenvalue weighted by atomic mass is 9.98. The molecule has 0 fully saturated rings. The molecule has 1 aliphatic rings. The van der Waals surface area contributed by atoms with Crippen molar-refractivity contribution in [2.45, 2.75) is 59.7 Å². The molecule has 0 spiro atoms. The molecule has 21 heavy (non-hydrogen) atoms. The highest BCUT2D eigenvalue weighted by molar-refractivity contribution is 7.09. The van der Waals surface area contributed by atoms with Gasteiger partial charge in [0.25, 0.3) is 0 Å². The first-order valence-electron chi connectivity index (χ1n) is 7.54. The lowest BCUT2D eigenvalue weighted by molar-refractivity contribution is 0.205. The van der Waals surface area contributed by atoms with Gasteiger partial charge < -0.3 is 4.57 Å². The molecule has 5 heteroatoms. The molecule has 3 rings (SSSR count). The van der Waals surface area contributed by atoms with E-state index < -0.39 is 0 Å². The van der Waals surface area contributed by atoms with E-state index in [1.807, 2.05) is 0 Å². The third-order valence-corrected chi connectivity index (χ3v) is 5.44. The molecule has 2 aromatic heterocycles. The molecule has 0 N–H and O–H groups in total. The van der Waals surface area contributed by atoms with Crippen molar-refractivity contribution >= 4 is 11.3 Å². The number of hydrogen-bond acceptors (Lipinski definition) is 4. The zero-order valence-corrected chi connectivity index (χ0v) is 14.4. The summed E-state index contributed by atoms with van der Waals surface area (Å²) in [6.45, 7) is 14.9. The molecule has 3 heterocycles. The van der Waals surface area contributed by atoms with Crippen molar-refractivity contribution in [3.8, 4) is 0 Å². The van der Waals surface area contributed by atoms with E-state index in [-0.39, 0.29) is 5.41 Å². The number of hydrogen-bond donors (Lipinski definition) is 0. The van der Waals surface area contributed by atoms with E-state index in [0.717, 1.165) is 31.9 Å². The third kappa shape index (κ3) is 2.90. The van der Waals surface area contributed by atoms with Crippen LogP contribution < -0.4 is 0 Å². The number of imidazole rings is 1. The zero-order valence-electron chi connectivity index (χ0n) is 13.6. The largest absolute Gasteiger partial charge is 0.330 e. The van der Waals surface area contributed by atoms with Crippen LogP contribution >= 0.6 is 11.3 Å². The molecular formula is C16H24N4S. The minimum absolute atomic E-state index is 0.148. The maximum atomic E-state index is 4.80. The minimum atomic E-state index is 0.148. The van der Waals surface area contributed by atoms with E-state index in [1.54, 1.807) is 11.3 Å². The summed E-state index contributed by atoms with van der Waals surface area (Å²) in [7, 11) is 0. The highest BCUT2D eigenvalue weighted by Crippen LogP contribution is 2.26. The minimum Gasteiger partial charge on any atom is -0.330 e. The van der Waals surface area contributed by atoms with E-state index in [4.69, 9.17) is 9.97 Å². The summed E-state index contributed by atoms with van der Waals surface area (Å²) < 4.78 is 2.35. The Hall–Kier alpha value is -1.20. The quantitative estimate of drug-likeness (QED) is 0.854. The van der Waals surface area contributed by atoms with Gasteiger partial charge in [-0.25, -0.2) is 9.97 Å². The smallest absolute Gasteiger partial charge is 0.123 e. The van der Waals surface area contributed by atoms with Crippen molar-refractivity contribution in [2.24, 2.45) is 0 Å². The highest BCUT2D eigenvalue weighted by atomic mass is 32.1. The zero-order chi connectivity index (χ0) is 15.2. The van der Waals surface area contributed by atoms with Gasteiger partial charge in [0.05, 0.1) is 22.9 Å². The molecule has 0 unspecified atom stereocenters. The lowest BCUT2D eigenvalue weighted by Gasteiger charge is -2.27. The molecule has 4 nitrogen and oxygen atoms in total. The average molecular weight is 304 g/mol. The number of thiazole rings is 1. The normalized spacial score (nSPS) is 16.2. The standard InChI is InChI=1S/C16H24N4S/c1-11-12(2)20-7-6-19(9-14(20)17-11)8-13-10-21-15(18-13)16(3,4)5/h10H,6-9H2,1-5H3. The van der Waals surface area contributed by atoms with Gasteiger partial charge in [-0.2, -0.15) is 0 Å². The first kappa shape index (κ1) is 14.7. The Kier molecular flexibility index (Phi) is 3.66. The first-order chi connectivity index (χ1) is 9.84. The SMILES string of the molecule is Cc1nc2n(c1C)CCN(Cc1csc(C(C)(C)C)n1)C2. The van der Waals surface area contributed by atoms with Gasteiger partial charge in [-0.05, 0) is 13.8 Å². The van der Waals surface area contributed by atoms with Gasteiger partial charge in [-0.15, -0.1) is 11.3 Å². The second-order valence-corrected chi connectivity index (χ2v) is 7.81. The first-order valence-corrected chi connectivity index (χ1v) is 8.42. The number of aromatic nitrogens is 3. The summed E-state index contributed by atoms with van der Waals surface area (Å²) in [6, 6.07) is 0. The molecule has 0 saturated heterocycles. The van der Waals surface area contributed by atoms with Crippen LogP contribution in [-0.2, 0) is 25.0 Å². The molecule has 0 aliphatic carbocycles. The summed E-state index contributed by atoms with van der Waals surface area (Å²) in [6.07, 6.45) is 0. The Bertz CT molecular complexity index is 648. The predicted octanol–water partition coefficient (Wildman–Crippen LogP) is 3.27. The topological polar surface area (TPSA) is 34.0 Å². The van der Waals surface area contributed by atoms with E-state index in [1.165, 1.54) is 22.2 Å². The average Bonchev–Trinajstić information content (AvgIpc) is 2.96. The molecule has 0 bridgehead atoms. The van der Waals surface area contributed by atoms with Gasteiger partial charge in [0.2, 0.25) is 0 Å². The fourth-order valence-electron chi connectivity index (χ4n) is 2.75. The van der Waals surface area contributed by atoms with Crippen molar-refractivity contribution in [1.82, 2.24) is 19.4 Å². The van der Waals surface area contributed by atoms with E-state index in [0.29, 0.717) is 0 Å². The lowest BCUT2D eigenvalue weighted by Crippen LogP contribution is -2.33. The maximum absolute atomic E-state index is 4.80. The molecule has 0 atom stereocenters. The Balaban J connectivity index is 1.71. The second-order valence-electron chi connectivity index (χ2n) is 6.96. The summed E-state index contributed by atoms with van der Waals surface area (Å²) >= 11 is 1.78. The van der Waals surface area contributed by atoms with Crippen LogP contribution in [0, 0.1) is 13.8 Å². The number of aryl methyl sites for hydroxylation is 1. The molecule has 1 aliphatic heterocycles. The number of nitrogens with zero attached hydrogens (tertiary/aromatic N) is 4. The Morgan fingerprint density at radius 3 is 2.62 bits per heavy atom. The van der Waals surface area contributed by atoms with Crippen LogP contribution in [0.1, 0.15) is 48.7 Å². The Morgan fingerprint density at radius 2 is 1.95 bits per heavy atom. The fraction of sp³-hybridized carbons (Fsp3) is 0.625. The second kappa shape index (κ2) is 5.21. The number of fused-ring (bicyclic) bond motifs is 1. The molecule has 0 saturated carbocycles. The molecule has 0 radical (unpaired) electrons. The highest BCUT2D eigenvalue weighted by Gasteiger charge is 2.22. The Morgan fingerprint density at radius 1 is 1.19 bits per heavy atom. The van der Waals surface area contributed by atoms with Crippen molar-refractivity contribution in [3.05, 3.63) is 33.3 Å². The molecular weight excluding hydrogens is 280 g/mol. The third-order valence-electron chi connectivity index (χ3n) is 4.12. The van der Waals surface area contributed by atoms with Gasteiger partial charge in [-0.3, -0.25) is 4.90 Å². The van der Waals surface area contributed by atoms with Crippen molar-refractivity contribution in [1.29, 1.82) is 0 Å². The van der Waals surface area contributed by atoms with Crippen molar-refractivity contribution < 1.29 is 0 Å². The van der Waals surface area contributed by atoms with Crippen LogP contribution in [0.5, 0.6) is 0 Å². The van der Waals surface area contributed by atoms with Crippen LogP contribution in [0.4, 0.5) is 0 Å². The summed E-state index contributed by atoms with van der Waals surface area (Å²) in [4.78, 5) is 11.9. The van der Waals surface area contributed by atoms with Gasteiger partial charge in [-0.1, -0.05) is 20.8 Å². The summed E-state index contributed by atoms with van der Waals surface area (Å²) in [5.41, 5.74) is 3.82. The van der Waals surface area contributed by atoms with Gasteiger partial charge in [0.1, 0.15) is 5.82 Å². The molecule has 2 aromatic rings. The fourth-order valence-corrected chi connectivity index (χ4v) is 3.65. The van der Waals surface area contributed by atoms with Crippen LogP contribution in [0.15, 0.2) is 5.38 Å². The van der Waals surface area contributed by atoms with E-state index in [9.17, 15) is 0 Å². The molecule has 0 amide bonds. The molecule has 0 aromatic carbocycles. The Labute approximate surface area is 130 Å². The van der Waals surface area contributed by atoms with Crippen LogP contribution in [0.3, 0.4) is 0 Å². The van der Waals surface area contributed by atoms with Crippen LogP contribution in [-0.4, -0.2) is 26.0 Å². The summed E-state index contributed by atoms with van der Waals surface area (Å²) in [5.74, 6) is 1.20. The van der Waals surface area contributed by atoms with E-state index >= 15 is 0 Å². The summed E-state index contributed by atoms with van der Waals surface area (Å²) in [5, 5.41) is 3.43.